The second-order valence-corrected chi connectivity index (χ2v) is 7.15. The van der Waals surface area contributed by atoms with Crippen LogP contribution < -0.4 is 16.0 Å². The number of amides is 3. The first-order valence-corrected chi connectivity index (χ1v) is 9.20. The zero-order valence-corrected chi connectivity index (χ0v) is 16.4. The second kappa shape index (κ2) is 8.14. The topological polar surface area (TPSA) is 113 Å². The largest absolute Gasteiger partial charge is 0.327 e. The molecule has 3 N–H and O–H groups in total. The minimum Gasteiger partial charge on any atom is -0.327 e. The first kappa shape index (κ1) is 20.1. The summed E-state index contributed by atoms with van der Waals surface area (Å²) in [5.41, 5.74) is 2.87. The lowest BCUT2D eigenvalue weighted by Crippen LogP contribution is -2.45. The molecule has 150 valence electrons. The molecule has 2 aromatic carbocycles. The van der Waals surface area contributed by atoms with E-state index in [0.29, 0.717) is 22.9 Å². The molecule has 1 aliphatic rings. The average Bonchev–Trinajstić information content (AvgIpc) is 2.67. The highest BCUT2D eigenvalue weighted by atomic mass is 16.6. The summed E-state index contributed by atoms with van der Waals surface area (Å²) in [7, 11) is 0. The Hall–Kier alpha value is -3.68. The quantitative estimate of drug-likeness (QED) is 0.526. The van der Waals surface area contributed by atoms with Crippen molar-refractivity contribution in [3.05, 3.63) is 81.0 Å². The Morgan fingerprint density at radius 1 is 1.17 bits per heavy atom. The molecule has 0 fully saturated rings. The number of nitro groups is 1. The van der Waals surface area contributed by atoms with Crippen molar-refractivity contribution in [1.82, 2.24) is 10.6 Å². The van der Waals surface area contributed by atoms with E-state index in [1.165, 1.54) is 18.2 Å². The van der Waals surface area contributed by atoms with Crippen LogP contribution in [-0.2, 0) is 4.79 Å². The lowest BCUT2D eigenvalue weighted by atomic mass is 9.92. The van der Waals surface area contributed by atoms with Crippen molar-refractivity contribution in [1.29, 1.82) is 0 Å². The molecule has 1 heterocycles. The summed E-state index contributed by atoms with van der Waals surface area (Å²) in [6, 6.07) is 12.4. The number of nitrogens with one attached hydrogen (secondary N) is 3. The third-order valence-electron chi connectivity index (χ3n) is 4.77. The lowest BCUT2D eigenvalue weighted by molar-refractivity contribution is -0.384. The summed E-state index contributed by atoms with van der Waals surface area (Å²) in [4.78, 5) is 35.5. The van der Waals surface area contributed by atoms with Gasteiger partial charge in [0.05, 0.1) is 16.5 Å². The molecule has 0 spiro atoms. The van der Waals surface area contributed by atoms with Crippen LogP contribution >= 0.6 is 0 Å². The number of hydrogen-bond donors (Lipinski definition) is 3. The molecule has 0 aromatic heterocycles. The van der Waals surface area contributed by atoms with Crippen molar-refractivity contribution < 1.29 is 14.5 Å². The van der Waals surface area contributed by atoms with Crippen molar-refractivity contribution in [2.45, 2.75) is 32.7 Å². The van der Waals surface area contributed by atoms with Crippen molar-refractivity contribution in [2.75, 3.05) is 5.32 Å². The van der Waals surface area contributed by atoms with E-state index in [1.807, 2.05) is 24.3 Å². The maximum absolute atomic E-state index is 13.0. The zero-order chi connectivity index (χ0) is 21.1. The summed E-state index contributed by atoms with van der Waals surface area (Å²) < 4.78 is 0. The van der Waals surface area contributed by atoms with Gasteiger partial charge in [0, 0.05) is 23.5 Å². The minimum atomic E-state index is -0.635. The van der Waals surface area contributed by atoms with E-state index in [4.69, 9.17) is 0 Å². The molecule has 8 nitrogen and oxygen atoms in total. The van der Waals surface area contributed by atoms with Crippen LogP contribution in [0.2, 0.25) is 0 Å². The molecular formula is C21H22N4O4. The van der Waals surface area contributed by atoms with Crippen molar-refractivity contribution in [2.24, 2.45) is 0 Å². The SMILES string of the molecule is CC1=C(C(=O)Nc2cccc([N+](=O)[O-])c2)[C@H](c2ccc(C(C)C)cc2)NC(=O)N1. The van der Waals surface area contributed by atoms with Crippen LogP contribution in [0.4, 0.5) is 16.2 Å². The molecule has 0 unspecified atom stereocenters. The van der Waals surface area contributed by atoms with Gasteiger partial charge in [-0.25, -0.2) is 4.79 Å². The highest BCUT2D eigenvalue weighted by Gasteiger charge is 2.31. The van der Waals surface area contributed by atoms with Crippen molar-refractivity contribution in [3.8, 4) is 0 Å². The highest BCUT2D eigenvalue weighted by molar-refractivity contribution is 6.06. The van der Waals surface area contributed by atoms with E-state index in [1.54, 1.807) is 13.0 Å². The Morgan fingerprint density at radius 2 is 1.86 bits per heavy atom. The normalized spacial score (nSPS) is 16.3. The van der Waals surface area contributed by atoms with Gasteiger partial charge in [-0.1, -0.05) is 44.2 Å². The van der Waals surface area contributed by atoms with Crippen LogP contribution in [0.1, 0.15) is 43.9 Å². The average molecular weight is 394 g/mol. The summed E-state index contributed by atoms with van der Waals surface area (Å²) in [5.74, 6) is -0.0889. The monoisotopic (exact) mass is 394 g/mol. The summed E-state index contributed by atoms with van der Waals surface area (Å²) in [5, 5.41) is 19.1. The number of carbonyl (C=O) groups is 2. The fourth-order valence-electron chi connectivity index (χ4n) is 3.21. The van der Waals surface area contributed by atoms with Gasteiger partial charge in [0.25, 0.3) is 11.6 Å². The summed E-state index contributed by atoms with van der Waals surface area (Å²) in [6.07, 6.45) is 0. The number of rotatable bonds is 5. The van der Waals surface area contributed by atoms with Crippen LogP contribution in [0.3, 0.4) is 0 Å². The van der Waals surface area contributed by atoms with Gasteiger partial charge < -0.3 is 16.0 Å². The molecular weight excluding hydrogens is 372 g/mol. The van der Waals surface area contributed by atoms with Gasteiger partial charge in [0.1, 0.15) is 0 Å². The van der Waals surface area contributed by atoms with Gasteiger partial charge in [-0.3, -0.25) is 14.9 Å². The van der Waals surface area contributed by atoms with E-state index < -0.39 is 22.9 Å². The number of non-ortho nitro benzene ring substituents is 1. The van der Waals surface area contributed by atoms with Crippen LogP contribution in [0, 0.1) is 10.1 Å². The van der Waals surface area contributed by atoms with Crippen molar-refractivity contribution >= 4 is 23.3 Å². The Morgan fingerprint density at radius 3 is 2.48 bits per heavy atom. The number of urea groups is 1. The predicted octanol–water partition coefficient (Wildman–Crippen LogP) is 3.98. The molecule has 1 aliphatic heterocycles. The number of nitrogens with zero attached hydrogens (tertiary/aromatic N) is 1. The number of nitro benzene ring substituents is 1. The van der Waals surface area contributed by atoms with Gasteiger partial charge in [0.2, 0.25) is 0 Å². The Labute approximate surface area is 168 Å². The highest BCUT2D eigenvalue weighted by Crippen LogP contribution is 2.29. The maximum Gasteiger partial charge on any atom is 0.319 e. The first-order chi connectivity index (χ1) is 13.8. The molecule has 1 atom stereocenters. The van der Waals surface area contributed by atoms with Gasteiger partial charge in [-0.05, 0) is 30.0 Å². The molecule has 3 amide bonds. The molecule has 2 aromatic rings. The molecule has 29 heavy (non-hydrogen) atoms. The van der Waals surface area contributed by atoms with E-state index in [-0.39, 0.29) is 5.69 Å². The van der Waals surface area contributed by atoms with Crippen LogP contribution in [-0.4, -0.2) is 16.9 Å². The Balaban J connectivity index is 1.92. The van der Waals surface area contributed by atoms with E-state index >= 15 is 0 Å². The van der Waals surface area contributed by atoms with E-state index in [2.05, 4.69) is 29.8 Å². The van der Waals surface area contributed by atoms with Crippen molar-refractivity contribution in [3.63, 3.8) is 0 Å². The van der Waals surface area contributed by atoms with E-state index in [0.717, 1.165) is 11.1 Å². The number of carbonyl (C=O) groups excluding carboxylic acids is 2. The minimum absolute atomic E-state index is 0.121. The van der Waals surface area contributed by atoms with Gasteiger partial charge in [0.15, 0.2) is 0 Å². The van der Waals surface area contributed by atoms with E-state index in [9.17, 15) is 19.7 Å². The number of allylic oxidation sites excluding steroid dienone is 1. The second-order valence-electron chi connectivity index (χ2n) is 7.15. The molecule has 8 heteroatoms. The molecule has 0 aliphatic carbocycles. The fourth-order valence-corrected chi connectivity index (χ4v) is 3.21. The number of anilines is 1. The zero-order valence-electron chi connectivity index (χ0n) is 16.4. The molecule has 0 bridgehead atoms. The maximum atomic E-state index is 13.0. The van der Waals surface area contributed by atoms with Gasteiger partial charge in [-0.15, -0.1) is 0 Å². The molecule has 0 radical (unpaired) electrons. The molecule has 3 rings (SSSR count). The predicted molar refractivity (Wildman–Crippen MR) is 109 cm³/mol. The van der Waals surface area contributed by atoms with Crippen LogP contribution in [0.5, 0.6) is 0 Å². The Kier molecular flexibility index (Phi) is 5.63. The lowest BCUT2D eigenvalue weighted by Gasteiger charge is -2.29. The molecule has 0 saturated carbocycles. The smallest absolute Gasteiger partial charge is 0.319 e. The van der Waals surface area contributed by atoms with Crippen LogP contribution in [0.15, 0.2) is 59.8 Å². The number of benzene rings is 2. The third kappa shape index (κ3) is 4.43. The summed E-state index contributed by atoms with van der Waals surface area (Å²) >= 11 is 0. The van der Waals surface area contributed by atoms with Crippen LogP contribution in [0.25, 0.3) is 0 Å². The number of hydrogen-bond acceptors (Lipinski definition) is 4. The fraction of sp³-hybridized carbons (Fsp3) is 0.238. The van der Waals surface area contributed by atoms with Gasteiger partial charge in [-0.2, -0.15) is 0 Å². The standard InChI is InChI=1S/C21H22N4O4/c1-12(2)14-7-9-15(10-8-14)19-18(13(3)22-21(27)24-19)20(26)23-16-5-4-6-17(11-16)25(28)29/h4-12,19H,1-3H3,(H,23,26)(H2,22,24,27)/t19-/m0/s1. The Bertz CT molecular complexity index is 996. The van der Waals surface area contributed by atoms with Gasteiger partial charge >= 0.3 is 6.03 Å². The summed E-state index contributed by atoms with van der Waals surface area (Å²) in [6.45, 7) is 5.82. The molecule has 0 saturated heterocycles. The first-order valence-electron chi connectivity index (χ1n) is 9.20. The third-order valence-corrected chi connectivity index (χ3v) is 4.77.